The number of carbonyl (C=O) groups is 2. The van der Waals surface area contributed by atoms with Gasteiger partial charge in [-0.1, -0.05) is 39.8 Å². The van der Waals surface area contributed by atoms with Crippen molar-refractivity contribution in [1.82, 2.24) is 15.3 Å². The smallest absolute Gasteiger partial charge is 0.328 e. The number of aromatic amines is 1. The molecule has 15 heteroatoms. The highest BCUT2D eigenvalue weighted by Crippen LogP contribution is 2.38. The third-order valence-corrected chi connectivity index (χ3v) is 8.47. The molecule has 0 spiro atoms. The number of nitrogens with one attached hydrogen (secondary N) is 2. The second-order valence-corrected chi connectivity index (χ2v) is 13.1. The van der Waals surface area contributed by atoms with Crippen molar-refractivity contribution in [3.63, 3.8) is 0 Å². The number of aromatic nitrogens is 2. The van der Waals surface area contributed by atoms with Crippen LogP contribution in [-0.4, -0.2) is 121 Å². The molecule has 262 valence electrons. The molecule has 1 aromatic heterocycles. The van der Waals surface area contributed by atoms with E-state index in [0.717, 1.165) is 0 Å². The van der Waals surface area contributed by atoms with Gasteiger partial charge in [0.1, 0.15) is 12.1 Å². The van der Waals surface area contributed by atoms with Crippen molar-refractivity contribution in [2.75, 3.05) is 7.11 Å². The lowest BCUT2D eigenvalue weighted by Crippen LogP contribution is -2.62. The number of aliphatic hydroxyl groups is 5. The van der Waals surface area contributed by atoms with Gasteiger partial charge in [-0.25, -0.2) is 9.78 Å². The third kappa shape index (κ3) is 10.0. The number of methoxy groups -OCH3 is 1. The van der Waals surface area contributed by atoms with Crippen LogP contribution in [0.15, 0.2) is 24.7 Å². The number of rotatable bonds is 14. The average molecular weight is 657 g/mol. The fourth-order valence-corrected chi connectivity index (χ4v) is 5.66. The number of imidazole rings is 1. The van der Waals surface area contributed by atoms with Gasteiger partial charge in [-0.3, -0.25) is 4.79 Å². The fraction of sp³-hybridized carbons (Fsp3) is 0.774. The zero-order valence-electron chi connectivity index (χ0n) is 27.4. The number of amides is 1. The van der Waals surface area contributed by atoms with Gasteiger partial charge in [0.05, 0.1) is 67.7 Å². The van der Waals surface area contributed by atoms with Crippen LogP contribution in [0.2, 0.25) is 0 Å². The summed E-state index contributed by atoms with van der Waals surface area (Å²) in [5.41, 5.74) is 6.50. The Morgan fingerprint density at radius 3 is 2.50 bits per heavy atom. The molecule has 0 bridgehead atoms. The van der Waals surface area contributed by atoms with Gasteiger partial charge in [0, 0.05) is 31.9 Å². The molecule has 2 aliphatic rings. The van der Waals surface area contributed by atoms with Crippen LogP contribution in [0.5, 0.6) is 0 Å². The Morgan fingerprint density at radius 1 is 1.22 bits per heavy atom. The molecule has 46 heavy (non-hydrogen) atoms. The summed E-state index contributed by atoms with van der Waals surface area (Å²) in [5.74, 6) is -4.94. The number of H-pyrrole nitrogens is 1. The molecule has 3 rings (SSSR count). The second-order valence-electron chi connectivity index (χ2n) is 13.1. The zero-order valence-corrected chi connectivity index (χ0v) is 27.4. The summed E-state index contributed by atoms with van der Waals surface area (Å²) in [6, 6.07) is -2.20. The van der Waals surface area contributed by atoms with Gasteiger partial charge in [0.15, 0.2) is 12.1 Å². The van der Waals surface area contributed by atoms with Crippen LogP contribution in [0.25, 0.3) is 0 Å². The Hall–Kier alpha value is -2.47. The molecule has 1 amide bonds. The van der Waals surface area contributed by atoms with Crippen LogP contribution in [0, 0.1) is 17.8 Å². The number of allylic oxidation sites excluding steroid dienone is 1. The largest absolute Gasteiger partial charge is 0.467 e. The summed E-state index contributed by atoms with van der Waals surface area (Å²) in [6.07, 6.45) is -3.30. The highest BCUT2D eigenvalue weighted by molar-refractivity contribution is 5.86. The molecule has 2 fully saturated rings. The Labute approximate surface area is 269 Å². The Kier molecular flexibility index (Phi) is 13.7. The first-order valence-corrected chi connectivity index (χ1v) is 15.8. The number of esters is 1. The number of nitrogens with zero attached hydrogens (tertiary/aromatic N) is 1. The fourth-order valence-electron chi connectivity index (χ4n) is 5.66. The molecule has 0 aliphatic carbocycles. The molecular weight excluding hydrogens is 604 g/mol. The molecule has 5 unspecified atom stereocenters. The maximum atomic E-state index is 13.8. The van der Waals surface area contributed by atoms with Gasteiger partial charge in [0.2, 0.25) is 5.91 Å². The summed E-state index contributed by atoms with van der Waals surface area (Å²) >= 11 is 0. The molecule has 2 aliphatic heterocycles. The SMILES string of the molecule is COC(=O)[C@H](Cc1c[nH]cn1)NC(=O)[C@H]1[C@H](C[C@H](/C=C/C(C)C)OC2OC(C)C(O)C(N)C2O)O[C@](O)(C[C@@H](O)C(C)C)C[C@@H]1O. The van der Waals surface area contributed by atoms with E-state index >= 15 is 0 Å². The highest BCUT2D eigenvalue weighted by Gasteiger charge is 2.51. The van der Waals surface area contributed by atoms with Gasteiger partial charge in [-0.2, -0.15) is 0 Å². The number of aliphatic hydroxyl groups excluding tert-OH is 4. The van der Waals surface area contributed by atoms with Gasteiger partial charge >= 0.3 is 5.97 Å². The highest BCUT2D eigenvalue weighted by atomic mass is 16.7. The van der Waals surface area contributed by atoms with Crippen LogP contribution in [0.4, 0.5) is 0 Å². The number of carbonyl (C=O) groups excluding carboxylic acids is 2. The van der Waals surface area contributed by atoms with Gasteiger partial charge < -0.3 is 60.5 Å². The van der Waals surface area contributed by atoms with Crippen molar-refractivity contribution < 1.29 is 54.1 Å². The summed E-state index contributed by atoms with van der Waals surface area (Å²) < 4.78 is 22.9. The molecule has 0 radical (unpaired) electrons. The quantitative estimate of drug-likeness (QED) is 0.0910. The van der Waals surface area contributed by atoms with Crippen LogP contribution < -0.4 is 11.1 Å². The first-order valence-electron chi connectivity index (χ1n) is 15.8. The maximum absolute atomic E-state index is 13.8. The topological polar surface area (TPSA) is 239 Å². The molecule has 9 N–H and O–H groups in total. The maximum Gasteiger partial charge on any atom is 0.328 e. The van der Waals surface area contributed by atoms with Gasteiger partial charge in [-0.05, 0) is 18.8 Å². The summed E-state index contributed by atoms with van der Waals surface area (Å²) in [4.78, 5) is 33.4. The Balaban J connectivity index is 1.94. The lowest BCUT2D eigenvalue weighted by atomic mass is 9.81. The lowest BCUT2D eigenvalue weighted by Gasteiger charge is -2.46. The number of hydrogen-bond donors (Lipinski definition) is 8. The van der Waals surface area contributed by atoms with E-state index in [1.807, 2.05) is 19.9 Å². The van der Waals surface area contributed by atoms with Crippen molar-refractivity contribution in [2.24, 2.45) is 23.5 Å². The first kappa shape index (κ1) is 38.0. The molecule has 0 aromatic carbocycles. The standard InChI is InChI=1S/C31H52N4O11/c1-15(2)7-8-19(45-30-27(39)25(32)26(38)17(5)44-30)10-23-24(22(37)12-31(42,46-23)11-21(36)16(3)4)28(40)35-20(29(41)43-6)9-18-13-33-14-34-18/h7-8,13-17,19-27,30,36-39,42H,9-12,32H2,1-6H3,(H,33,34)(H,35,40)/b8-7+/t17?,19-,20-,21+,22-,23-,24+,25?,26?,27?,30?,31+/m0/s1. The van der Waals surface area contributed by atoms with Crippen LogP contribution in [0.3, 0.4) is 0 Å². The van der Waals surface area contributed by atoms with Crippen molar-refractivity contribution in [1.29, 1.82) is 0 Å². The van der Waals surface area contributed by atoms with Crippen LogP contribution in [-0.2, 0) is 35.0 Å². The molecular formula is C31H52N4O11. The van der Waals surface area contributed by atoms with E-state index in [2.05, 4.69) is 15.3 Å². The molecule has 2 saturated heterocycles. The number of ether oxygens (including phenoxy) is 4. The van der Waals surface area contributed by atoms with Crippen LogP contribution >= 0.6 is 0 Å². The molecule has 0 saturated carbocycles. The number of nitrogens with two attached hydrogens (primary N) is 1. The van der Waals surface area contributed by atoms with Crippen LogP contribution in [0.1, 0.15) is 59.6 Å². The molecule has 3 heterocycles. The average Bonchev–Trinajstić information content (AvgIpc) is 3.49. The normalized spacial score (nSPS) is 34.0. The van der Waals surface area contributed by atoms with Crippen molar-refractivity contribution in [3.05, 3.63) is 30.4 Å². The molecule has 12 atom stereocenters. The minimum absolute atomic E-state index is 0.00479. The minimum Gasteiger partial charge on any atom is -0.467 e. The Morgan fingerprint density at radius 2 is 1.91 bits per heavy atom. The van der Waals surface area contributed by atoms with E-state index in [0.29, 0.717) is 5.69 Å². The van der Waals surface area contributed by atoms with Crippen molar-refractivity contribution in [3.8, 4) is 0 Å². The predicted molar refractivity (Wildman–Crippen MR) is 163 cm³/mol. The molecule has 15 nitrogen and oxygen atoms in total. The summed E-state index contributed by atoms with van der Waals surface area (Å²) in [7, 11) is 1.18. The van der Waals surface area contributed by atoms with Crippen molar-refractivity contribution in [2.45, 2.75) is 127 Å². The van der Waals surface area contributed by atoms with E-state index in [4.69, 9.17) is 24.7 Å². The predicted octanol–water partition coefficient (Wildman–Crippen LogP) is -0.747. The summed E-state index contributed by atoms with van der Waals surface area (Å²) in [6.45, 7) is 9.00. The lowest BCUT2D eigenvalue weighted by molar-refractivity contribution is -0.307. The van der Waals surface area contributed by atoms with E-state index < -0.39 is 91.1 Å². The zero-order chi connectivity index (χ0) is 34.3. The van der Waals surface area contributed by atoms with Gasteiger partial charge in [0.25, 0.3) is 0 Å². The van der Waals surface area contributed by atoms with E-state index in [-0.39, 0.29) is 31.1 Å². The van der Waals surface area contributed by atoms with Gasteiger partial charge in [-0.15, -0.1) is 0 Å². The second kappa shape index (κ2) is 16.6. The third-order valence-electron chi connectivity index (χ3n) is 8.47. The van der Waals surface area contributed by atoms with E-state index in [9.17, 15) is 35.1 Å². The molecule has 1 aromatic rings. The Bertz CT molecular complexity index is 1140. The summed E-state index contributed by atoms with van der Waals surface area (Å²) in [5, 5.41) is 57.1. The first-order chi connectivity index (χ1) is 21.5. The van der Waals surface area contributed by atoms with Crippen molar-refractivity contribution >= 4 is 11.9 Å². The van der Waals surface area contributed by atoms with E-state index in [1.165, 1.54) is 13.4 Å². The number of hydrogen-bond acceptors (Lipinski definition) is 13. The van der Waals surface area contributed by atoms with E-state index in [1.54, 1.807) is 33.0 Å². The minimum atomic E-state index is -2.00. The monoisotopic (exact) mass is 656 g/mol.